The Hall–Kier alpha value is -3.13. The lowest BCUT2D eigenvalue weighted by Gasteiger charge is -2.32. The van der Waals surface area contributed by atoms with E-state index in [9.17, 15) is 9.59 Å². The van der Waals surface area contributed by atoms with E-state index in [1.807, 2.05) is 17.9 Å². The number of rotatable bonds is 20. The number of aliphatic imine (C=N–C) groups is 2. The molecule has 6 N–H and O–H groups in total. The van der Waals surface area contributed by atoms with Gasteiger partial charge in [-0.15, -0.1) is 0 Å². The Morgan fingerprint density at radius 2 is 1.80 bits per heavy atom. The SMILES string of the molecule is C=NC(=NCc1nc(CCCNCCCNC2CCCCC2)co1)N/C(C)=C\CNC1CCN(C(=O)CCNCC(=O)O)CC1. The molecule has 1 aromatic rings. The lowest BCUT2D eigenvalue weighted by Crippen LogP contribution is -2.45. The standard InChI is InChI=1S/C32H55N9O4/c1-25(11-19-37-27-13-20-41(21-14-27)30(42)12-18-35-23-31(43)44)39-32(33-2)38-22-29-40-28(24-45-29)10-6-15-34-16-7-17-36-26-8-4-3-5-9-26/h11,24,26-27,34-37H,2-10,12-23H2,1H3,(H,38,39)(H,43,44)/b25-11-. The number of carbonyl (C=O) groups excluding carboxylic acids is 1. The fraction of sp³-hybridized carbons (Fsp3) is 0.719. The first-order valence-corrected chi connectivity index (χ1v) is 16.7. The molecule has 0 bridgehead atoms. The van der Waals surface area contributed by atoms with Gasteiger partial charge in [-0.3, -0.25) is 9.59 Å². The van der Waals surface area contributed by atoms with Crippen LogP contribution in [0.15, 0.2) is 32.4 Å². The first-order valence-electron chi connectivity index (χ1n) is 16.7. The summed E-state index contributed by atoms with van der Waals surface area (Å²) < 4.78 is 5.61. The van der Waals surface area contributed by atoms with E-state index in [2.05, 4.69) is 48.3 Å². The average Bonchev–Trinajstić information content (AvgIpc) is 3.50. The molecule has 0 unspecified atom stereocenters. The summed E-state index contributed by atoms with van der Waals surface area (Å²) >= 11 is 0. The van der Waals surface area contributed by atoms with Crippen LogP contribution in [-0.2, 0) is 22.6 Å². The molecular formula is C32H55N9O4. The zero-order chi connectivity index (χ0) is 32.1. The number of allylic oxidation sites excluding steroid dienone is 1. The Labute approximate surface area is 268 Å². The number of carboxylic acid groups (broad SMARTS) is 1. The first kappa shape index (κ1) is 36.3. The molecule has 13 heteroatoms. The predicted molar refractivity (Wildman–Crippen MR) is 177 cm³/mol. The maximum Gasteiger partial charge on any atom is 0.317 e. The molecule has 1 aliphatic heterocycles. The highest BCUT2D eigenvalue weighted by Crippen LogP contribution is 2.17. The summed E-state index contributed by atoms with van der Waals surface area (Å²) in [6, 6.07) is 1.06. The number of carbonyl (C=O) groups is 2. The lowest BCUT2D eigenvalue weighted by molar-refractivity contribution is -0.136. The molecule has 0 radical (unpaired) electrons. The zero-order valence-corrected chi connectivity index (χ0v) is 27.1. The van der Waals surface area contributed by atoms with E-state index in [0.29, 0.717) is 50.5 Å². The summed E-state index contributed by atoms with van der Waals surface area (Å²) in [6.07, 6.45) is 15.7. The van der Waals surface area contributed by atoms with Gasteiger partial charge in [-0.1, -0.05) is 25.3 Å². The van der Waals surface area contributed by atoms with E-state index < -0.39 is 5.97 Å². The highest BCUT2D eigenvalue weighted by atomic mass is 16.4. The quantitative estimate of drug-likeness (QED) is 0.0715. The zero-order valence-electron chi connectivity index (χ0n) is 27.1. The minimum atomic E-state index is -0.921. The number of nitrogens with one attached hydrogen (secondary N) is 5. The molecule has 0 atom stereocenters. The number of amides is 1. The van der Waals surface area contributed by atoms with Crippen molar-refractivity contribution in [2.24, 2.45) is 9.98 Å². The number of oxazole rings is 1. The second kappa shape index (κ2) is 21.6. The topological polar surface area (TPSA) is 169 Å². The highest BCUT2D eigenvalue weighted by Gasteiger charge is 2.22. The van der Waals surface area contributed by atoms with Crippen molar-refractivity contribution in [3.63, 3.8) is 0 Å². The lowest BCUT2D eigenvalue weighted by atomic mass is 9.95. The van der Waals surface area contributed by atoms with Gasteiger partial charge in [-0.05, 0) is 78.2 Å². The molecule has 252 valence electrons. The summed E-state index contributed by atoms with van der Waals surface area (Å²) in [6.45, 7) is 11.3. The molecule has 2 aliphatic rings. The Bertz CT molecular complexity index is 1080. The van der Waals surface area contributed by atoms with Crippen LogP contribution < -0.4 is 26.6 Å². The summed E-state index contributed by atoms with van der Waals surface area (Å²) in [5.74, 6) is 0.109. The molecule has 2 heterocycles. The first-order chi connectivity index (χ1) is 21.9. The monoisotopic (exact) mass is 629 g/mol. The number of hydrogen-bond donors (Lipinski definition) is 6. The minimum Gasteiger partial charge on any atom is -0.480 e. The van der Waals surface area contributed by atoms with Gasteiger partial charge in [0.25, 0.3) is 0 Å². The largest absolute Gasteiger partial charge is 0.480 e. The summed E-state index contributed by atoms with van der Waals surface area (Å²) in [7, 11) is 0. The van der Waals surface area contributed by atoms with E-state index in [1.54, 1.807) is 6.26 Å². The molecule has 1 saturated heterocycles. The molecule has 1 amide bonds. The van der Waals surface area contributed by atoms with Gasteiger partial charge in [0.15, 0.2) is 0 Å². The van der Waals surface area contributed by atoms with Crippen molar-refractivity contribution in [3.8, 4) is 0 Å². The van der Waals surface area contributed by atoms with Gasteiger partial charge in [-0.25, -0.2) is 15.0 Å². The molecule has 1 saturated carbocycles. The molecule has 45 heavy (non-hydrogen) atoms. The molecule has 3 rings (SSSR count). The molecule has 1 aliphatic carbocycles. The Morgan fingerprint density at radius 1 is 1.04 bits per heavy atom. The molecule has 0 spiro atoms. The van der Waals surface area contributed by atoms with Crippen LogP contribution in [0.5, 0.6) is 0 Å². The van der Waals surface area contributed by atoms with E-state index >= 15 is 0 Å². The van der Waals surface area contributed by atoms with Crippen LogP contribution in [0.1, 0.15) is 82.7 Å². The van der Waals surface area contributed by atoms with Crippen molar-refractivity contribution in [1.29, 1.82) is 0 Å². The van der Waals surface area contributed by atoms with E-state index in [-0.39, 0.29) is 19.0 Å². The highest BCUT2D eigenvalue weighted by molar-refractivity contribution is 5.85. The number of piperidine rings is 1. The van der Waals surface area contributed by atoms with Crippen LogP contribution in [0, 0.1) is 0 Å². The minimum absolute atomic E-state index is 0.0620. The van der Waals surface area contributed by atoms with Crippen molar-refractivity contribution in [2.75, 3.05) is 52.4 Å². The van der Waals surface area contributed by atoms with Gasteiger partial charge in [0, 0.05) is 50.4 Å². The number of likely N-dealkylation sites (tertiary alicyclic amines) is 1. The molecule has 1 aromatic heterocycles. The van der Waals surface area contributed by atoms with Gasteiger partial charge in [-0.2, -0.15) is 0 Å². The van der Waals surface area contributed by atoms with Crippen molar-refractivity contribution in [3.05, 3.63) is 29.6 Å². The van der Waals surface area contributed by atoms with Gasteiger partial charge >= 0.3 is 5.97 Å². The van der Waals surface area contributed by atoms with Gasteiger partial charge in [0.1, 0.15) is 12.8 Å². The van der Waals surface area contributed by atoms with Crippen molar-refractivity contribution in [1.82, 2.24) is 36.5 Å². The number of guanidine groups is 1. The number of aryl methyl sites for hydroxylation is 1. The molecule has 2 fully saturated rings. The summed E-state index contributed by atoms with van der Waals surface area (Å²) in [5, 5.41) is 25.3. The van der Waals surface area contributed by atoms with Crippen molar-refractivity contribution in [2.45, 2.75) is 96.2 Å². The van der Waals surface area contributed by atoms with Crippen LogP contribution in [-0.4, -0.2) is 104 Å². The third-order valence-electron chi connectivity index (χ3n) is 8.23. The summed E-state index contributed by atoms with van der Waals surface area (Å²) in [4.78, 5) is 37.8. The van der Waals surface area contributed by atoms with Gasteiger partial charge in [0.2, 0.25) is 17.8 Å². The third-order valence-corrected chi connectivity index (χ3v) is 8.23. The van der Waals surface area contributed by atoms with E-state index in [4.69, 9.17) is 9.52 Å². The number of carboxylic acids is 1. The van der Waals surface area contributed by atoms with Crippen molar-refractivity contribution < 1.29 is 19.1 Å². The van der Waals surface area contributed by atoms with E-state index in [0.717, 1.165) is 69.2 Å². The van der Waals surface area contributed by atoms with Gasteiger partial charge in [0.05, 0.1) is 12.2 Å². The second-order valence-corrected chi connectivity index (χ2v) is 11.9. The molecule has 0 aromatic carbocycles. The second-order valence-electron chi connectivity index (χ2n) is 11.9. The number of aliphatic carboxylic acids is 1. The summed E-state index contributed by atoms with van der Waals surface area (Å²) in [5.41, 5.74) is 1.84. The van der Waals surface area contributed by atoms with Crippen molar-refractivity contribution >= 4 is 24.6 Å². The van der Waals surface area contributed by atoms with Gasteiger partial charge < -0.3 is 41.0 Å². The molecular weight excluding hydrogens is 574 g/mol. The van der Waals surface area contributed by atoms with Crippen LogP contribution in [0.3, 0.4) is 0 Å². The fourth-order valence-corrected chi connectivity index (χ4v) is 5.64. The predicted octanol–water partition coefficient (Wildman–Crippen LogP) is 2.20. The van der Waals surface area contributed by atoms with E-state index in [1.165, 1.54) is 32.1 Å². The average molecular weight is 630 g/mol. The normalized spacial score (nSPS) is 17.0. The van der Waals surface area contributed by atoms with Crippen LogP contribution >= 0.6 is 0 Å². The maximum atomic E-state index is 12.3. The van der Waals surface area contributed by atoms with Crippen LogP contribution in [0.4, 0.5) is 0 Å². The number of nitrogens with zero attached hydrogens (tertiary/aromatic N) is 4. The van der Waals surface area contributed by atoms with Crippen LogP contribution in [0.2, 0.25) is 0 Å². The smallest absolute Gasteiger partial charge is 0.317 e. The number of hydrogen-bond acceptors (Lipinski definition) is 9. The fourth-order valence-electron chi connectivity index (χ4n) is 5.64. The third kappa shape index (κ3) is 15.6. The maximum absolute atomic E-state index is 12.3. The Balaban J connectivity index is 1.23. The Morgan fingerprint density at radius 3 is 2.56 bits per heavy atom. The van der Waals surface area contributed by atoms with Crippen LogP contribution in [0.25, 0.3) is 0 Å². The Kier molecular flexibility index (Phi) is 17.4. The number of aromatic nitrogens is 1. The molecule has 13 nitrogen and oxygen atoms in total.